The van der Waals surface area contributed by atoms with Crippen LogP contribution >= 0.6 is 0 Å². The topological polar surface area (TPSA) is 117 Å². The van der Waals surface area contributed by atoms with Gasteiger partial charge in [0.2, 0.25) is 5.91 Å². The summed E-state index contributed by atoms with van der Waals surface area (Å²) in [5.41, 5.74) is 2.11. The molecule has 4 amide bonds. The van der Waals surface area contributed by atoms with E-state index in [1.54, 1.807) is 46.2 Å². The van der Waals surface area contributed by atoms with Crippen molar-refractivity contribution in [3.8, 4) is 0 Å². The molecule has 0 bridgehead atoms. The number of hydrogen-bond donors (Lipinski definition) is 2. The molecule has 2 aliphatic heterocycles. The monoisotopic (exact) mass is 534 g/mol. The highest BCUT2D eigenvalue weighted by atomic mass is 32.2. The third-order valence-corrected chi connectivity index (χ3v) is 8.03. The molecule has 2 aromatic carbocycles. The van der Waals surface area contributed by atoms with Crippen LogP contribution in [0.4, 0.5) is 15.3 Å². The summed E-state index contributed by atoms with van der Waals surface area (Å²) in [6.07, 6.45) is 4.65. The first-order chi connectivity index (χ1) is 18.3. The molecule has 2 N–H and O–H groups in total. The van der Waals surface area contributed by atoms with Gasteiger partial charge in [-0.25, -0.2) is 14.6 Å². The molecule has 1 saturated heterocycles. The summed E-state index contributed by atoms with van der Waals surface area (Å²) in [6.45, 7) is 3.33. The molecule has 2 atom stereocenters. The van der Waals surface area contributed by atoms with E-state index in [0.717, 1.165) is 5.69 Å². The molecular weight excluding hydrogens is 504 g/mol. The van der Waals surface area contributed by atoms with E-state index in [-0.39, 0.29) is 18.0 Å². The van der Waals surface area contributed by atoms with Crippen molar-refractivity contribution in [3.63, 3.8) is 0 Å². The summed E-state index contributed by atoms with van der Waals surface area (Å²) < 4.78 is 13.3. The van der Waals surface area contributed by atoms with Gasteiger partial charge in [-0.3, -0.25) is 13.6 Å². The fourth-order valence-electron chi connectivity index (χ4n) is 5.06. The summed E-state index contributed by atoms with van der Waals surface area (Å²) in [5, 5.41) is 5.58. The third kappa shape index (κ3) is 5.19. The molecule has 3 heterocycles. The molecule has 38 heavy (non-hydrogen) atoms. The Hall–Kier alpha value is -3.99. The lowest BCUT2D eigenvalue weighted by atomic mass is 10.0. The van der Waals surface area contributed by atoms with Gasteiger partial charge in [0, 0.05) is 46.8 Å². The first-order valence-electron chi connectivity index (χ1n) is 12.5. The second-order valence-electron chi connectivity index (χ2n) is 9.52. The predicted molar refractivity (Wildman–Crippen MR) is 143 cm³/mol. The van der Waals surface area contributed by atoms with Gasteiger partial charge in [-0.1, -0.05) is 30.3 Å². The first-order valence-corrected chi connectivity index (χ1v) is 14.1. The van der Waals surface area contributed by atoms with Crippen LogP contribution in [-0.2, 0) is 22.1 Å². The van der Waals surface area contributed by atoms with E-state index < -0.39 is 22.9 Å². The van der Waals surface area contributed by atoms with Gasteiger partial charge >= 0.3 is 12.1 Å². The number of rotatable bonds is 6. The van der Waals surface area contributed by atoms with Gasteiger partial charge in [0.15, 0.2) is 0 Å². The lowest BCUT2D eigenvalue weighted by molar-refractivity contribution is -0.134. The Morgan fingerprint density at radius 3 is 2.37 bits per heavy atom. The molecule has 5 rings (SSSR count). The van der Waals surface area contributed by atoms with E-state index in [1.165, 1.54) is 0 Å². The van der Waals surface area contributed by atoms with Crippen LogP contribution in [0, 0.1) is 6.92 Å². The van der Waals surface area contributed by atoms with Crippen LogP contribution < -0.4 is 10.6 Å². The highest BCUT2D eigenvalue weighted by molar-refractivity contribution is 7.84. The summed E-state index contributed by atoms with van der Waals surface area (Å²) in [5.74, 6) is 0.493. The minimum Gasteiger partial charge on any atom is -0.340 e. The molecule has 2 aliphatic rings. The van der Waals surface area contributed by atoms with Crippen molar-refractivity contribution in [1.29, 1.82) is 0 Å². The lowest BCUT2D eigenvalue weighted by Gasteiger charge is -2.37. The molecule has 3 aromatic rings. The van der Waals surface area contributed by atoms with Gasteiger partial charge < -0.3 is 20.4 Å². The first kappa shape index (κ1) is 25.7. The third-order valence-electron chi connectivity index (χ3n) is 7.10. The maximum absolute atomic E-state index is 13.6. The second-order valence-corrected chi connectivity index (χ2v) is 10.9. The summed E-state index contributed by atoms with van der Waals surface area (Å²) in [7, 11) is -1.11. The van der Waals surface area contributed by atoms with Crippen LogP contribution in [0.1, 0.15) is 36.0 Å². The highest BCUT2D eigenvalue weighted by Crippen LogP contribution is 2.27. The van der Waals surface area contributed by atoms with Crippen molar-refractivity contribution in [2.24, 2.45) is 0 Å². The Kier molecular flexibility index (Phi) is 7.28. The quantitative estimate of drug-likeness (QED) is 0.504. The molecule has 10 nitrogen and oxygen atoms in total. The second kappa shape index (κ2) is 10.8. The Morgan fingerprint density at radius 1 is 1.05 bits per heavy atom. The molecule has 0 spiro atoms. The number of fused-ring (bicyclic) bond motifs is 1. The van der Waals surface area contributed by atoms with E-state index in [4.69, 9.17) is 0 Å². The molecule has 0 radical (unpaired) electrons. The van der Waals surface area contributed by atoms with Gasteiger partial charge in [-0.15, -0.1) is 0 Å². The molecule has 0 aliphatic carbocycles. The molecule has 1 fully saturated rings. The fourth-order valence-corrected chi connectivity index (χ4v) is 5.58. The van der Waals surface area contributed by atoms with E-state index in [0.29, 0.717) is 54.4 Å². The van der Waals surface area contributed by atoms with E-state index in [2.05, 4.69) is 15.6 Å². The van der Waals surface area contributed by atoms with Crippen LogP contribution in [0.2, 0.25) is 0 Å². The molecule has 0 saturated carbocycles. The minimum absolute atomic E-state index is 0.0395. The SMILES string of the molecule is Cc1ncc2n1C(=O)N(C1CCN(C(=O)C(NC(=O)Nc3ccc(S(C)=O)cc3)c3ccccc3)CC1)C2. The lowest BCUT2D eigenvalue weighted by Crippen LogP contribution is -2.50. The number of hydrogen-bond acceptors (Lipinski definition) is 5. The van der Waals surface area contributed by atoms with Crippen molar-refractivity contribution in [2.75, 3.05) is 24.7 Å². The number of carbonyl (C=O) groups excluding carboxylic acids is 3. The number of nitrogens with one attached hydrogen (secondary N) is 2. The average molecular weight is 535 g/mol. The molecular formula is C27H30N6O4S. The Morgan fingerprint density at radius 2 is 1.74 bits per heavy atom. The summed E-state index contributed by atoms with van der Waals surface area (Å²) in [4.78, 5) is 47.9. The molecule has 2 unspecified atom stereocenters. The normalized spacial score (nSPS) is 17.2. The zero-order valence-corrected chi connectivity index (χ0v) is 22.1. The van der Waals surface area contributed by atoms with Gasteiger partial charge in [0.05, 0.1) is 18.4 Å². The average Bonchev–Trinajstić information content (AvgIpc) is 3.46. The van der Waals surface area contributed by atoms with Crippen LogP contribution in [0.15, 0.2) is 65.7 Å². The highest BCUT2D eigenvalue weighted by Gasteiger charge is 2.37. The fraction of sp³-hybridized carbons (Fsp3) is 0.333. The molecule has 198 valence electrons. The standard InChI is InChI=1S/C27H30N6O4S/c1-18-28-16-22-17-32(27(36)33(18)22)21-12-14-31(15-13-21)25(34)24(19-6-4-3-5-7-19)30-26(35)29-20-8-10-23(11-9-20)38(2)37/h3-11,16,21,24H,12-15,17H2,1-2H3,(H2,29,30,35). The van der Waals surface area contributed by atoms with Gasteiger partial charge in [0.1, 0.15) is 11.9 Å². The maximum atomic E-state index is 13.6. The van der Waals surface area contributed by atoms with Gasteiger partial charge in [-0.2, -0.15) is 0 Å². The zero-order chi connectivity index (χ0) is 26.8. The number of piperidine rings is 1. The minimum atomic E-state index is -1.11. The molecule has 11 heteroatoms. The van der Waals surface area contributed by atoms with Crippen molar-refractivity contribution >= 4 is 34.5 Å². The Balaban J connectivity index is 1.23. The number of aromatic nitrogens is 2. The Bertz CT molecular complexity index is 1370. The zero-order valence-electron chi connectivity index (χ0n) is 21.3. The maximum Gasteiger partial charge on any atom is 0.330 e. The number of anilines is 1. The van der Waals surface area contributed by atoms with E-state index >= 15 is 0 Å². The number of imidazole rings is 1. The number of aryl methyl sites for hydroxylation is 1. The van der Waals surface area contributed by atoms with Gasteiger partial charge in [0.25, 0.3) is 0 Å². The van der Waals surface area contributed by atoms with E-state index in [9.17, 15) is 18.6 Å². The molecule has 1 aromatic heterocycles. The smallest absolute Gasteiger partial charge is 0.330 e. The van der Waals surface area contributed by atoms with Crippen LogP contribution in [0.25, 0.3) is 0 Å². The summed E-state index contributed by atoms with van der Waals surface area (Å²) >= 11 is 0. The number of amides is 4. The Labute approximate surface area is 223 Å². The number of benzene rings is 2. The van der Waals surface area contributed by atoms with Crippen LogP contribution in [0.3, 0.4) is 0 Å². The number of likely N-dealkylation sites (tertiary alicyclic amines) is 1. The van der Waals surface area contributed by atoms with Crippen molar-refractivity contribution in [3.05, 3.63) is 77.9 Å². The summed E-state index contributed by atoms with van der Waals surface area (Å²) in [6, 6.07) is 14.5. The van der Waals surface area contributed by atoms with E-state index in [1.807, 2.05) is 42.2 Å². The number of urea groups is 1. The number of carbonyl (C=O) groups is 3. The van der Waals surface area contributed by atoms with Crippen LogP contribution in [-0.4, -0.2) is 66.9 Å². The largest absolute Gasteiger partial charge is 0.340 e. The van der Waals surface area contributed by atoms with Crippen molar-refractivity contribution in [2.45, 2.75) is 43.3 Å². The van der Waals surface area contributed by atoms with Crippen molar-refractivity contribution in [1.82, 2.24) is 24.7 Å². The van der Waals surface area contributed by atoms with Crippen molar-refractivity contribution < 1.29 is 18.6 Å². The number of nitrogens with zero attached hydrogens (tertiary/aromatic N) is 4. The predicted octanol–water partition coefficient (Wildman–Crippen LogP) is 3.27. The van der Waals surface area contributed by atoms with Gasteiger partial charge in [-0.05, 0) is 49.6 Å². The van der Waals surface area contributed by atoms with Crippen LogP contribution in [0.5, 0.6) is 0 Å².